The molecule has 1 unspecified atom stereocenters. The number of nitrogens with zero attached hydrogens (tertiary/aromatic N) is 1. The number of aryl methyl sites for hydroxylation is 4. The maximum atomic E-state index is 12.3. The summed E-state index contributed by atoms with van der Waals surface area (Å²) in [5.41, 5.74) is 6.77. The summed E-state index contributed by atoms with van der Waals surface area (Å²) in [6.45, 7) is 8.70. The molecule has 1 amide bonds. The maximum absolute atomic E-state index is 12.3. The number of carbonyl (C=O) groups excluding carboxylic acids is 1. The van der Waals surface area contributed by atoms with E-state index in [9.17, 15) is 4.79 Å². The molecule has 0 bridgehead atoms. The van der Waals surface area contributed by atoms with Crippen LogP contribution in [0.25, 0.3) is 0 Å². The Hall–Kier alpha value is -2.30. The molecule has 5 heteroatoms. The van der Waals surface area contributed by atoms with Crippen molar-refractivity contribution in [1.82, 2.24) is 15.5 Å². The van der Waals surface area contributed by atoms with E-state index < -0.39 is 6.10 Å². The van der Waals surface area contributed by atoms with E-state index in [4.69, 9.17) is 4.74 Å². The smallest absolute Gasteiger partial charge is 0.261 e. The van der Waals surface area contributed by atoms with Gasteiger partial charge in [-0.15, -0.1) is 0 Å². The highest BCUT2D eigenvalue weighted by molar-refractivity contribution is 5.82. The molecule has 2 heterocycles. The van der Waals surface area contributed by atoms with E-state index in [0.29, 0.717) is 13.0 Å². The van der Waals surface area contributed by atoms with Gasteiger partial charge in [-0.25, -0.2) is 0 Å². The number of rotatable bonds is 4. The van der Waals surface area contributed by atoms with Gasteiger partial charge < -0.3 is 10.1 Å². The summed E-state index contributed by atoms with van der Waals surface area (Å²) in [4.78, 5) is 12.3. The van der Waals surface area contributed by atoms with Gasteiger partial charge in [-0.3, -0.25) is 9.89 Å². The Bertz CT molecular complexity index is 698. The van der Waals surface area contributed by atoms with Crippen molar-refractivity contribution in [2.45, 2.75) is 46.6 Å². The number of fused-ring (bicyclic) bond motifs is 1. The molecule has 1 aromatic heterocycles. The molecule has 23 heavy (non-hydrogen) atoms. The third-order valence-electron chi connectivity index (χ3n) is 4.60. The second-order valence-corrected chi connectivity index (χ2v) is 6.31. The number of aromatic amines is 1. The van der Waals surface area contributed by atoms with Crippen molar-refractivity contribution < 1.29 is 9.53 Å². The Morgan fingerprint density at radius 3 is 2.74 bits per heavy atom. The van der Waals surface area contributed by atoms with E-state index in [1.807, 2.05) is 19.9 Å². The molecule has 1 atom stereocenters. The fraction of sp³-hybridized carbons (Fsp3) is 0.444. The first-order valence-corrected chi connectivity index (χ1v) is 8.00. The van der Waals surface area contributed by atoms with Crippen LogP contribution in [-0.2, 0) is 17.6 Å². The second kappa shape index (κ2) is 6.07. The van der Waals surface area contributed by atoms with Gasteiger partial charge in [-0.05, 0) is 62.4 Å². The van der Waals surface area contributed by atoms with Gasteiger partial charge in [0, 0.05) is 18.7 Å². The van der Waals surface area contributed by atoms with Crippen molar-refractivity contribution in [3.8, 4) is 5.75 Å². The van der Waals surface area contributed by atoms with Crippen LogP contribution < -0.4 is 10.1 Å². The Morgan fingerprint density at radius 1 is 1.30 bits per heavy atom. The summed E-state index contributed by atoms with van der Waals surface area (Å²) in [5, 5.41) is 10.1. The Morgan fingerprint density at radius 2 is 2.04 bits per heavy atom. The lowest BCUT2D eigenvalue weighted by atomic mass is 10.0. The van der Waals surface area contributed by atoms with Crippen LogP contribution in [-0.4, -0.2) is 28.8 Å². The molecular formula is C18H23N3O2. The molecule has 1 aromatic carbocycles. The maximum Gasteiger partial charge on any atom is 0.261 e. The lowest BCUT2D eigenvalue weighted by Crippen LogP contribution is -2.38. The molecule has 1 aliphatic heterocycles. The van der Waals surface area contributed by atoms with E-state index in [1.54, 1.807) is 0 Å². The quantitative estimate of drug-likeness (QED) is 0.910. The third-order valence-corrected chi connectivity index (χ3v) is 4.60. The van der Waals surface area contributed by atoms with Gasteiger partial charge in [-0.2, -0.15) is 5.10 Å². The fourth-order valence-electron chi connectivity index (χ4n) is 3.03. The summed E-state index contributed by atoms with van der Waals surface area (Å²) in [6, 6.07) is 4.15. The summed E-state index contributed by atoms with van der Waals surface area (Å²) in [7, 11) is 0. The average Bonchev–Trinajstić information content (AvgIpc) is 3.05. The van der Waals surface area contributed by atoms with Gasteiger partial charge in [0.1, 0.15) is 5.75 Å². The van der Waals surface area contributed by atoms with Gasteiger partial charge in [0.05, 0.1) is 5.69 Å². The van der Waals surface area contributed by atoms with E-state index >= 15 is 0 Å². The molecule has 0 saturated carbocycles. The van der Waals surface area contributed by atoms with Gasteiger partial charge in [0.2, 0.25) is 0 Å². The average molecular weight is 313 g/mol. The van der Waals surface area contributed by atoms with Crippen molar-refractivity contribution >= 4 is 5.91 Å². The normalized spacial score (nSPS) is 16.1. The van der Waals surface area contributed by atoms with Crippen LogP contribution in [0.15, 0.2) is 12.1 Å². The molecular weight excluding hydrogens is 290 g/mol. The van der Waals surface area contributed by atoms with Crippen molar-refractivity contribution in [2.75, 3.05) is 6.54 Å². The van der Waals surface area contributed by atoms with Crippen molar-refractivity contribution in [2.24, 2.45) is 0 Å². The monoisotopic (exact) mass is 313 g/mol. The largest absolute Gasteiger partial charge is 0.480 e. The van der Waals surface area contributed by atoms with Crippen LogP contribution in [0.2, 0.25) is 0 Å². The van der Waals surface area contributed by atoms with Crippen LogP contribution in [0.3, 0.4) is 0 Å². The minimum Gasteiger partial charge on any atom is -0.480 e. The summed E-state index contributed by atoms with van der Waals surface area (Å²) < 4.78 is 5.81. The molecule has 2 N–H and O–H groups in total. The summed E-state index contributed by atoms with van der Waals surface area (Å²) in [6.07, 6.45) is 1.00. The predicted molar refractivity (Wildman–Crippen MR) is 88.8 cm³/mol. The van der Waals surface area contributed by atoms with E-state index in [0.717, 1.165) is 29.1 Å². The van der Waals surface area contributed by atoms with Gasteiger partial charge in [0.25, 0.3) is 5.91 Å². The second-order valence-electron chi connectivity index (χ2n) is 6.31. The number of amides is 1. The zero-order valence-corrected chi connectivity index (χ0v) is 14.1. The molecule has 5 nitrogen and oxygen atoms in total. The van der Waals surface area contributed by atoms with E-state index in [-0.39, 0.29) is 5.91 Å². The predicted octanol–water partition coefficient (Wildman–Crippen LogP) is 2.31. The number of carbonyl (C=O) groups is 1. The number of aromatic nitrogens is 2. The lowest BCUT2D eigenvalue weighted by molar-refractivity contribution is -0.127. The van der Waals surface area contributed by atoms with Crippen LogP contribution in [0, 0.1) is 27.7 Å². The van der Waals surface area contributed by atoms with Gasteiger partial charge in [-0.1, -0.05) is 6.07 Å². The molecule has 0 radical (unpaired) electrons. The Kier molecular flexibility index (Phi) is 4.11. The minimum absolute atomic E-state index is 0.0460. The lowest BCUT2D eigenvalue weighted by Gasteiger charge is -2.11. The first-order valence-electron chi connectivity index (χ1n) is 8.00. The van der Waals surface area contributed by atoms with Crippen LogP contribution in [0.1, 0.15) is 33.6 Å². The molecule has 0 fully saturated rings. The van der Waals surface area contributed by atoms with Crippen LogP contribution >= 0.6 is 0 Å². The number of hydrogen-bond acceptors (Lipinski definition) is 3. The van der Waals surface area contributed by atoms with E-state index in [2.05, 4.69) is 35.4 Å². The third kappa shape index (κ3) is 3.09. The zero-order valence-electron chi connectivity index (χ0n) is 14.1. The Balaban J connectivity index is 1.56. The number of H-pyrrole nitrogens is 1. The van der Waals surface area contributed by atoms with Crippen molar-refractivity contribution in [3.63, 3.8) is 0 Å². The molecule has 0 saturated heterocycles. The van der Waals surface area contributed by atoms with Crippen LogP contribution in [0.5, 0.6) is 5.75 Å². The van der Waals surface area contributed by atoms with Crippen LogP contribution in [0.4, 0.5) is 0 Å². The molecule has 1 aliphatic rings. The highest BCUT2D eigenvalue weighted by Crippen LogP contribution is 2.31. The minimum atomic E-state index is -0.419. The standard InChI is InChI=1S/C18H23N3O2/c1-10-7-14-9-17(23-16(14)8-11(10)2)18(22)19-6-5-15-12(3)20-21-13(15)4/h7-8,17H,5-6,9H2,1-4H3,(H,19,22)(H,20,21). The SMILES string of the molecule is Cc1cc2c(cc1C)OC(C(=O)NCCc1c(C)n[nH]c1C)C2. The van der Waals surface area contributed by atoms with E-state index in [1.165, 1.54) is 16.7 Å². The summed E-state index contributed by atoms with van der Waals surface area (Å²) >= 11 is 0. The first kappa shape index (κ1) is 15.6. The number of nitrogens with one attached hydrogen (secondary N) is 2. The molecule has 2 aromatic rings. The molecule has 0 spiro atoms. The number of ether oxygens (including phenoxy) is 1. The zero-order chi connectivity index (χ0) is 16.6. The highest BCUT2D eigenvalue weighted by Gasteiger charge is 2.29. The summed E-state index contributed by atoms with van der Waals surface area (Å²) in [5.74, 6) is 0.796. The van der Waals surface area contributed by atoms with Crippen molar-refractivity contribution in [1.29, 1.82) is 0 Å². The molecule has 3 rings (SSSR count). The highest BCUT2D eigenvalue weighted by atomic mass is 16.5. The topological polar surface area (TPSA) is 67.0 Å². The molecule has 122 valence electrons. The number of benzene rings is 1. The van der Waals surface area contributed by atoms with Gasteiger partial charge >= 0.3 is 0 Å². The first-order chi connectivity index (χ1) is 11.0. The van der Waals surface area contributed by atoms with Crippen molar-refractivity contribution in [3.05, 3.63) is 45.8 Å². The fourth-order valence-corrected chi connectivity index (χ4v) is 3.03. The van der Waals surface area contributed by atoms with Gasteiger partial charge in [0.15, 0.2) is 6.10 Å². The number of hydrogen-bond donors (Lipinski definition) is 2. The Labute approximate surface area is 136 Å². The molecule has 0 aliphatic carbocycles.